The molecule has 0 bridgehead atoms. The molecule has 0 radical (unpaired) electrons. The molecule has 0 aromatic heterocycles. The summed E-state index contributed by atoms with van der Waals surface area (Å²) in [7, 11) is 0. The zero-order valence-corrected chi connectivity index (χ0v) is 16.6. The van der Waals surface area contributed by atoms with Gasteiger partial charge in [0.2, 0.25) is 0 Å². The maximum Gasteiger partial charge on any atom is 0.171 e. The Hall–Kier alpha value is -0.120. The molecule has 3 nitrogen and oxygen atoms in total. The second kappa shape index (κ2) is 7.25. The summed E-state index contributed by atoms with van der Waals surface area (Å²) in [5, 5.41) is 0. The van der Waals surface area contributed by atoms with Gasteiger partial charge in [0, 0.05) is 24.9 Å². The number of piperidine rings is 1. The number of rotatable bonds is 3. The van der Waals surface area contributed by atoms with Crippen molar-refractivity contribution in [3.8, 4) is 0 Å². The second-order valence-electron chi connectivity index (χ2n) is 9.65. The van der Waals surface area contributed by atoms with E-state index in [4.69, 9.17) is 9.47 Å². The summed E-state index contributed by atoms with van der Waals surface area (Å²) in [6.07, 6.45) is 9.18. The minimum atomic E-state index is -0.288. The molecule has 1 spiro atoms. The zero-order chi connectivity index (χ0) is 17.4. The van der Waals surface area contributed by atoms with Gasteiger partial charge < -0.3 is 9.47 Å². The number of ether oxygens (including phenoxy) is 2. The Labute approximate surface area is 149 Å². The molecule has 3 rings (SSSR count). The topological polar surface area (TPSA) is 21.7 Å². The van der Waals surface area contributed by atoms with Gasteiger partial charge in [0.1, 0.15) is 0 Å². The first-order valence-electron chi connectivity index (χ1n) is 10.4. The lowest BCUT2D eigenvalue weighted by molar-refractivity contribution is -0.228. The van der Waals surface area contributed by atoms with Gasteiger partial charge in [0.25, 0.3) is 0 Å². The highest BCUT2D eigenvalue weighted by atomic mass is 16.7. The molecular weight excluding hydrogens is 298 g/mol. The third-order valence-corrected chi connectivity index (χ3v) is 6.99. The third kappa shape index (κ3) is 3.83. The molecule has 0 aromatic carbocycles. The van der Waals surface area contributed by atoms with Crippen LogP contribution < -0.4 is 0 Å². The van der Waals surface area contributed by atoms with Crippen molar-refractivity contribution in [2.75, 3.05) is 19.7 Å². The Balaban J connectivity index is 1.57. The van der Waals surface area contributed by atoms with E-state index in [-0.39, 0.29) is 11.9 Å². The molecule has 1 aliphatic carbocycles. The van der Waals surface area contributed by atoms with E-state index in [9.17, 15) is 0 Å². The van der Waals surface area contributed by atoms with Gasteiger partial charge in [-0.3, -0.25) is 4.90 Å². The van der Waals surface area contributed by atoms with E-state index in [1.165, 1.54) is 45.1 Å². The SMILES string of the molecule is CCC1CCCCN1CC1COC2(CCC(C(C)(C)C)CC2C)O1. The van der Waals surface area contributed by atoms with Crippen molar-refractivity contribution in [3.63, 3.8) is 0 Å². The summed E-state index contributed by atoms with van der Waals surface area (Å²) in [5.41, 5.74) is 0.399. The van der Waals surface area contributed by atoms with Crippen LogP contribution in [-0.4, -0.2) is 42.5 Å². The van der Waals surface area contributed by atoms with Crippen LogP contribution in [0.4, 0.5) is 0 Å². The van der Waals surface area contributed by atoms with Crippen LogP contribution in [0, 0.1) is 17.3 Å². The van der Waals surface area contributed by atoms with Gasteiger partial charge in [0.05, 0.1) is 12.7 Å². The number of nitrogens with zero attached hydrogens (tertiary/aromatic N) is 1. The summed E-state index contributed by atoms with van der Waals surface area (Å²) in [6, 6.07) is 0.757. The molecule has 0 aromatic rings. The molecule has 5 unspecified atom stereocenters. The second-order valence-corrected chi connectivity index (χ2v) is 9.65. The maximum absolute atomic E-state index is 6.59. The number of hydrogen-bond acceptors (Lipinski definition) is 3. The average Bonchev–Trinajstić information content (AvgIpc) is 2.94. The predicted octanol–water partition coefficient (Wildman–Crippen LogP) is 4.84. The van der Waals surface area contributed by atoms with Crippen molar-refractivity contribution in [1.29, 1.82) is 0 Å². The highest BCUT2D eigenvalue weighted by Crippen LogP contribution is 2.48. The Morgan fingerprint density at radius 2 is 1.96 bits per heavy atom. The van der Waals surface area contributed by atoms with Crippen LogP contribution in [0.15, 0.2) is 0 Å². The normalized spacial score (nSPS) is 41.9. The predicted molar refractivity (Wildman–Crippen MR) is 99.0 cm³/mol. The Bertz CT molecular complexity index is 419. The molecule has 3 fully saturated rings. The molecule has 24 heavy (non-hydrogen) atoms. The molecule has 2 saturated heterocycles. The molecule has 2 aliphatic heterocycles. The van der Waals surface area contributed by atoms with Crippen molar-refractivity contribution in [2.45, 2.75) is 97.5 Å². The van der Waals surface area contributed by atoms with Crippen LogP contribution in [0.1, 0.15) is 79.6 Å². The van der Waals surface area contributed by atoms with E-state index in [1.807, 2.05) is 0 Å². The van der Waals surface area contributed by atoms with Gasteiger partial charge in [-0.25, -0.2) is 0 Å². The van der Waals surface area contributed by atoms with Crippen molar-refractivity contribution in [2.24, 2.45) is 17.3 Å². The van der Waals surface area contributed by atoms with Gasteiger partial charge in [0.15, 0.2) is 5.79 Å². The Morgan fingerprint density at radius 3 is 2.62 bits per heavy atom. The Kier molecular flexibility index (Phi) is 5.64. The van der Waals surface area contributed by atoms with E-state index in [0.29, 0.717) is 11.3 Å². The fraction of sp³-hybridized carbons (Fsp3) is 1.00. The van der Waals surface area contributed by atoms with Gasteiger partial charge in [-0.1, -0.05) is 41.0 Å². The summed E-state index contributed by atoms with van der Waals surface area (Å²) < 4.78 is 12.9. The van der Waals surface area contributed by atoms with Crippen LogP contribution in [0.2, 0.25) is 0 Å². The molecule has 3 heteroatoms. The Morgan fingerprint density at radius 1 is 1.17 bits per heavy atom. The van der Waals surface area contributed by atoms with Crippen molar-refractivity contribution >= 4 is 0 Å². The summed E-state index contributed by atoms with van der Waals surface area (Å²) >= 11 is 0. The minimum Gasteiger partial charge on any atom is -0.347 e. The fourth-order valence-electron chi connectivity index (χ4n) is 5.22. The van der Waals surface area contributed by atoms with Crippen molar-refractivity contribution < 1.29 is 9.47 Å². The molecule has 0 amide bonds. The lowest BCUT2D eigenvalue weighted by Crippen LogP contribution is -2.47. The average molecular weight is 338 g/mol. The number of hydrogen-bond donors (Lipinski definition) is 0. The molecule has 0 N–H and O–H groups in total. The van der Waals surface area contributed by atoms with Crippen LogP contribution in [0.25, 0.3) is 0 Å². The van der Waals surface area contributed by atoms with Crippen LogP contribution >= 0.6 is 0 Å². The third-order valence-electron chi connectivity index (χ3n) is 6.99. The molecule has 1 saturated carbocycles. The van der Waals surface area contributed by atoms with Crippen molar-refractivity contribution in [1.82, 2.24) is 4.90 Å². The van der Waals surface area contributed by atoms with Gasteiger partial charge in [-0.15, -0.1) is 0 Å². The molecule has 5 atom stereocenters. The largest absolute Gasteiger partial charge is 0.347 e. The lowest BCUT2D eigenvalue weighted by atomic mass is 9.67. The quantitative estimate of drug-likeness (QED) is 0.735. The van der Waals surface area contributed by atoms with Gasteiger partial charge in [-0.05, 0) is 50.0 Å². The van der Waals surface area contributed by atoms with E-state index in [1.54, 1.807) is 0 Å². The van der Waals surface area contributed by atoms with E-state index >= 15 is 0 Å². The zero-order valence-electron chi connectivity index (χ0n) is 16.6. The minimum absolute atomic E-state index is 0.269. The molecular formula is C21H39NO2. The first-order chi connectivity index (χ1) is 11.3. The smallest absolute Gasteiger partial charge is 0.171 e. The van der Waals surface area contributed by atoms with E-state index < -0.39 is 0 Å². The summed E-state index contributed by atoms with van der Waals surface area (Å²) in [4.78, 5) is 2.67. The van der Waals surface area contributed by atoms with Crippen LogP contribution in [-0.2, 0) is 9.47 Å². The fourth-order valence-corrected chi connectivity index (χ4v) is 5.22. The molecule has 2 heterocycles. The number of likely N-dealkylation sites (tertiary alicyclic amines) is 1. The maximum atomic E-state index is 6.59. The van der Waals surface area contributed by atoms with Crippen molar-refractivity contribution in [3.05, 3.63) is 0 Å². The first-order valence-corrected chi connectivity index (χ1v) is 10.4. The highest BCUT2D eigenvalue weighted by molar-refractivity contribution is 4.93. The first kappa shape index (κ1) is 18.7. The van der Waals surface area contributed by atoms with Gasteiger partial charge >= 0.3 is 0 Å². The summed E-state index contributed by atoms with van der Waals surface area (Å²) in [5.74, 6) is 1.00. The summed E-state index contributed by atoms with van der Waals surface area (Å²) in [6.45, 7) is 14.9. The van der Waals surface area contributed by atoms with Crippen LogP contribution in [0.3, 0.4) is 0 Å². The molecule has 140 valence electrons. The van der Waals surface area contributed by atoms with E-state index in [0.717, 1.165) is 31.5 Å². The van der Waals surface area contributed by atoms with E-state index in [2.05, 4.69) is 39.5 Å². The van der Waals surface area contributed by atoms with Crippen LogP contribution in [0.5, 0.6) is 0 Å². The monoisotopic (exact) mass is 337 g/mol. The highest BCUT2D eigenvalue weighted by Gasteiger charge is 2.50. The standard InChI is InChI=1S/C21H39NO2/c1-6-18-9-7-8-12-22(18)14-19-15-23-21(24-19)11-10-17(13-16(21)2)20(3,4)5/h16-19H,6-15H2,1-5H3. The molecule has 3 aliphatic rings. The van der Waals surface area contributed by atoms with Gasteiger partial charge in [-0.2, -0.15) is 0 Å². The lowest BCUT2D eigenvalue weighted by Gasteiger charge is -2.45.